The monoisotopic (exact) mass is 391 g/mol. The summed E-state index contributed by atoms with van der Waals surface area (Å²) < 4.78 is 30.2. The molecule has 0 radical (unpaired) electrons. The summed E-state index contributed by atoms with van der Waals surface area (Å²) >= 11 is 0. The standard InChI is InChI=1S/C21H17N3O3S/c1-2-27-17-10-6-16(7-11-17)21-20(19-5-3-4-14-24(19)23-21)15-8-12-18(13-9-15)28(22,25)26/h2-14H,1H2,(H2,22,25,26). The second-order valence-corrected chi connectivity index (χ2v) is 7.69. The SMILES string of the molecule is C=COc1ccc(-c2nn3ccccc3c2-c2ccc(S(N)(=O)=O)cc2)cc1. The van der Waals surface area contributed by atoms with Crippen LogP contribution in [0.25, 0.3) is 27.9 Å². The van der Waals surface area contributed by atoms with E-state index >= 15 is 0 Å². The van der Waals surface area contributed by atoms with E-state index in [-0.39, 0.29) is 4.90 Å². The van der Waals surface area contributed by atoms with Gasteiger partial charge in [0, 0.05) is 17.3 Å². The van der Waals surface area contributed by atoms with E-state index in [1.54, 1.807) is 16.6 Å². The number of hydrogen-bond acceptors (Lipinski definition) is 4. The fraction of sp³-hybridized carbons (Fsp3) is 0. The lowest BCUT2D eigenvalue weighted by Crippen LogP contribution is -2.11. The summed E-state index contributed by atoms with van der Waals surface area (Å²) in [6.45, 7) is 3.55. The van der Waals surface area contributed by atoms with Crippen LogP contribution in [0.15, 0.2) is 90.7 Å². The molecule has 0 atom stereocenters. The normalized spacial score (nSPS) is 11.5. The average molecular weight is 391 g/mol. The number of rotatable bonds is 5. The van der Waals surface area contributed by atoms with Crippen molar-refractivity contribution >= 4 is 15.5 Å². The molecule has 140 valence electrons. The van der Waals surface area contributed by atoms with Crippen molar-refractivity contribution in [2.45, 2.75) is 4.90 Å². The fourth-order valence-corrected chi connectivity index (χ4v) is 3.60. The van der Waals surface area contributed by atoms with Crippen LogP contribution in [0.5, 0.6) is 5.75 Å². The Labute approximate surface area is 162 Å². The highest BCUT2D eigenvalue weighted by atomic mass is 32.2. The number of pyridine rings is 1. The van der Waals surface area contributed by atoms with Crippen LogP contribution in [-0.2, 0) is 10.0 Å². The van der Waals surface area contributed by atoms with Gasteiger partial charge in [0.2, 0.25) is 10.0 Å². The van der Waals surface area contributed by atoms with Gasteiger partial charge in [-0.2, -0.15) is 5.10 Å². The second kappa shape index (κ2) is 6.95. The van der Waals surface area contributed by atoms with Crippen LogP contribution >= 0.6 is 0 Å². The topological polar surface area (TPSA) is 86.7 Å². The Kier molecular flexibility index (Phi) is 4.46. The number of nitrogens with zero attached hydrogens (tertiary/aromatic N) is 2. The lowest BCUT2D eigenvalue weighted by atomic mass is 10.00. The lowest BCUT2D eigenvalue weighted by Gasteiger charge is -2.06. The molecule has 0 bridgehead atoms. The van der Waals surface area contributed by atoms with E-state index < -0.39 is 10.0 Å². The van der Waals surface area contributed by atoms with Gasteiger partial charge in [-0.25, -0.2) is 18.1 Å². The van der Waals surface area contributed by atoms with Crippen LogP contribution in [0, 0.1) is 0 Å². The Bertz CT molecular complexity index is 1260. The number of benzene rings is 2. The summed E-state index contributed by atoms with van der Waals surface area (Å²) in [5.74, 6) is 0.682. The maximum atomic E-state index is 11.6. The zero-order valence-corrected chi connectivity index (χ0v) is 15.6. The van der Waals surface area contributed by atoms with Gasteiger partial charge >= 0.3 is 0 Å². The van der Waals surface area contributed by atoms with Gasteiger partial charge in [-0.15, -0.1) is 0 Å². The van der Waals surface area contributed by atoms with Crippen LogP contribution in [0.3, 0.4) is 0 Å². The highest BCUT2D eigenvalue weighted by Crippen LogP contribution is 2.36. The Morgan fingerprint density at radius 2 is 1.64 bits per heavy atom. The highest BCUT2D eigenvalue weighted by Gasteiger charge is 2.17. The zero-order valence-electron chi connectivity index (χ0n) is 14.8. The van der Waals surface area contributed by atoms with Gasteiger partial charge in [-0.1, -0.05) is 24.8 Å². The number of nitrogens with two attached hydrogens (primary N) is 1. The molecule has 2 N–H and O–H groups in total. The molecule has 0 saturated carbocycles. The maximum absolute atomic E-state index is 11.6. The molecule has 2 aromatic carbocycles. The van der Waals surface area contributed by atoms with Crippen molar-refractivity contribution in [2.24, 2.45) is 5.14 Å². The molecule has 0 aliphatic carbocycles. The molecule has 4 aromatic rings. The van der Waals surface area contributed by atoms with E-state index in [1.807, 2.05) is 48.7 Å². The number of ether oxygens (including phenoxy) is 1. The first-order valence-electron chi connectivity index (χ1n) is 8.46. The predicted molar refractivity (Wildman–Crippen MR) is 108 cm³/mol. The molecular weight excluding hydrogens is 374 g/mol. The summed E-state index contributed by atoms with van der Waals surface area (Å²) in [7, 11) is -3.75. The third-order valence-corrected chi connectivity index (χ3v) is 5.29. The number of hydrogen-bond donors (Lipinski definition) is 1. The van der Waals surface area contributed by atoms with Gasteiger partial charge in [-0.3, -0.25) is 0 Å². The van der Waals surface area contributed by atoms with Crippen molar-refractivity contribution in [3.05, 3.63) is 85.8 Å². The minimum atomic E-state index is -3.75. The Morgan fingerprint density at radius 1 is 0.964 bits per heavy atom. The second-order valence-electron chi connectivity index (χ2n) is 6.13. The van der Waals surface area contributed by atoms with Crippen molar-refractivity contribution in [3.63, 3.8) is 0 Å². The van der Waals surface area contributed by atoms with Crippen LogP contribution in [0.1, 0.15) is 0 Å². The number of fused-ring (bicyclic) bond motifs is 1. The van der Waals surface area contributed by atoms with Gasteiger partial charge in [0.25, 0.3) is 0 Å². The summed E-state index contributed by atoms with van der Waals surface area (Å²) in [5, 5.41) is 9.93. The molecule has 0 spiro atoms. The third kappa shape index (κ3) is 3.28. The van der Waals surface area contributed by atoms with Gasteiger partial charge in [0.05, 0.1) is 16.7 Å². The molecule has 0 unspecified atom stereocenters. The highest BCUT2D eigenvalue weighted by molar-refractivity contribution is 7.89. The minimum Gasteiger partial charge on any atom is -0.466 e. The summed E-state index contributed by atoms with van der Waals surface area (Å²) in [4.78, 5) is 0.0696. The first-order valence-corrected chi connectivity index (χ1v) is 10.0. The molecule has 0 aliphatic heterocycles. The first-order chi connectivity index (χ1) is 13.5. The molecule has 0 amide bonds. The van der Waals surface area contributed by atoms with E-state index in [1.165, 1.54) is 18.4 Å². The summed E-state index contributed by atoms with van der Waals surface area (Å²) in [6, 6.07) is 19.8. The van der Waals surface area contributed by atoms with Gasteiger partial charge in [-0.05, 0) is 54.1 Å². The average Bonchev–Trinajstić information content (AvgIpc) is 3.08. The van der Waals surface area contributed by atoms with Crippen molar-refractivity contribution in [1.82, 2.24) is 9.61 Å². The molecule has 2 heterocycles. The van der Waals surface area contributed by atoms with Crippen molar-refractivity contribution in [3.8, 4) is 28.1 Å². The first kappa shape index (κ1) is 18.0. The lowest BCUT2D eigenvalue weighted by molar-refractivity contribution is 0.483. The van der Waals surface area contributed by atoms with Gasteiger partial charge in [0.15, 0.2) is 0 Å². The van der Waals surface area contributed by atoms with Crippen molar-refractivity contribution < 1.29 is 13.2 Å². The van der Waals surface area contributed by atoms with Crippen LogP contribution in [0.2, 0.25) is 0 Å². The predicted octanol–water partition coefficient (Wildman–Crippen LogP) is 3.84. The molecule has 28 heavy (non-hydrogen) atoms. The Hall–Kier alpha value is -3.42. The van der Waals surface area contributed by atoms with E-state index in [9.17, 15) is 8.42 Å². The number of aromatic nitrogens is 2. The molecule has 7 heteroatoms. The van der Waals surface area contributed by atoms with Crippen molar-refractivity contribution in [2.75, 3.05) is 0 Å². The molecular formula is C21H17N3O3S. The Morgan fingerprint density at radius 3 is 2.29 bits per heavy atom. The molecule has 2 aromatic heterocycles. The molecule has 0 fully saturated rings. The van der Waals surface area contributed by atoms with Gasteiger partial charge < -0.3 is 4.74 Å². The fourth-order valence-electron chi connectivity index (χ4n) is 3.08. The van der Waals surface area contributed by atoms with Crippen LogP contribution in [-0.4, -0.2) is 18.0 Å². The van der Waals surface area contributed by atoms with E-state index in [4.69, 9.17) is 15.0 Å². The zero-order chi connectivity index (χ0) is 19.7. The third-order valence-electron chi connectivity index (χ3n) is 4.36. The van der Waals surface area contributed by atoms with Crippen molar-refractivity contribution in [1.29, 1.82) is 0 Å². The molecule has 0 aliphatic rings. The van der Waals surface area contributed by atoms with E-state index in [2.05, 4.69) is 6.58 Å². The van der Waals surface area contributed by atoms with E-state index in [0.717, 1.165) is 27.9 Å². The van der Waals surface area contributed by atoms with Crippen LogP contribution in [0.4, 0.5) is 0 Å². The van der Waals surface area contributed by atoms with Crippen LogP contribution < -0.4 is 9.88 Å². The largest absolute Gasteiger partial charge is 0.466 e. The smallest absolute Gasteiger partial charge is 0.238 e. The Balaban J connectivity index is 1.89. The van der Waals surface area contributed by atoms with E-state index in [0.29, 0.717) is 5.75 Å². The number of primary sulfonamides is 1. The minimum absolute atomic E-state index is 0.0696. The maximum Gasteiger partial charge on any atom is 0.238 e. The summed E-state index contributed by atoms with van der Waals surface area (Å²) in [5.41, 5.74) is 4.34. The number of sulfonamides is 1. The molecule has 0 saturated heterocycles. The quantitative estimate of drug-likeness (QED) is 0.524. The van der Waals surface area contributed by atoms with Gasteiger partial charge in [0.1, 0.15) is 11.4 Å². The molecule has 6 nitrogen and oxygen atoms in total. The molecule has 4 rings (SSSR count). The summed E-state index contributed by atoms with van der Waals surface area (Å²) in [6.07, 6.45) is 3.24.